The van der Waals surface area contributed by atoms with Crippen LogP contribution in [0.25, 0.3) is 0 Å². The second kappa shape index (κ2) is 6.55. The molecule has 0 saturated carbocycles. The van der Waals surface area contributed by atoms with E-state index in [0.717, 1.165) is 36.3 Å². The molecule has 0 aromatic heterocycles. The second-order valence-electron chi connectivity index (χ2n) is 4.75. The molecular weight excluding hydrogens is 294 g/mol. The average Bonchev–Trinajstić information content (AvgIpc) is 2.52. The average molecular weight is 314 g/mol. The standard InChI is InChI=1S/C14H20BrNO2/c1-10(9-17-2)16-13-4-3-7-18-14-8-11(15)5-6-12(13)14/h5-6,8,10,13,16H,3-4,7,9H2,1-2H3. The Morgan fingerprint density at radius 1 is 1.56 bits per heavy atom. The van der Waals surface area contributed by atoms with Crippen LogP contribution in [-0.4, -0.2) is 26.4 Å². The van der Waals surface area contributed by atoms with Gasteiger partial charge in [-0.3, -0.25) is 0 Å². The summed E-state index contributed by atoms with van der Waals surface area (Å²) >= 11 is 3.49. The van der Waals surface area contributed by atoms with Crippen LogP contribution in [0, 0.1) is 0 Å². The number of methoxy groups -OCH3 is 1. The van der Waals surface area contributed by atoms with Gasteiger partial charge in [0.1, 0.15) is 5.75 Å². The van der Waals surface area contributed by atoms with Crippen molar-refractivity contribution in [2.24, 2.45) is 0 Å². The van der Waals surface area contributed by atoms with Crippen molar-refractivity contribution in [1.29, 1.82) is 0 Å². The Bertz CT molecular complexity index is 397. The molecular formula is C14H20BrNO2. The van der Waals surface area contributed by atoms with Crippen molar-refractivity contribution in [2.75, 3.05) is 20.3 Å². The molecule has 18 heavy (non-hydrogen) atoms. The number of hydrogen-bond acceptors (Lipinski definition) is 3. The molecule has 1 aliphatic heterocycles. The molecule has 1 heterocycles. The monoisotopic (exact) mass is 313 g/mol. The fourth-order valence-electron chi connectivity index (χ4n) is 2.36. The fourth-order valence-corrected chi connectivity index (χ4v) is 2.70. The number of ether oxygens (including phenoxy) is 2. The number of hydrogen-bond donors (Lipinski definition) is 1. The van der Waals surface area contributed by atoms with Gasteiger partial charge in [-0.1, -0.05) is 22.0 Å². The Kier molecular flexibility index (Phi) is 5.03. The summed E-state index contributed by atoms with van der Waals surface area (Å²) in [5, 5.41) is 3.62. The van der Waals surface area contributed by atoms with E-state index in [1.807, 2.05) is 0 Å². The van der Waals surface area contributed by atoms with Crippen molar-refractivity contribution < 1.29 is 9.47 Å². The van der Waals surface area contributed by atoms with Crippen molar-refractivity contribution >= 4 is 15.9 Å². The maximum atomic E-state index is 5.80. The van der Waals surface area contributed by atoms with Crippen LogP contribution in [0.3, 0.4) is 0 Å². The van der Waals surface area contributed by atoms with E-state index in [9.17, 15) is 0 Å². The number of benzene rings is 1. The summed E-state index contributed by atoms with van der Waals surface area (Å²) in [5.74, 6) is 0.990. The van der Waals surface area contributed by atoms with Crippen LogP contribution in [0.4, 0.5) is 0 Å². The molecule has 0 bridgehead atoms. The smallest absolute Gasteiger partial charge is 0.125 e. The molecule has 1 aromatic rings. The van der Waals surface area contributed by atoms with Crippen LogP contribution in [-0.2, 0) is 4.74 Å². The third-order valence-electron chi connectivity index (χ3n) is 3.15. The van der Waals surface area contributed by atoms with E-state index in [4.69, 9.17) is 9.47 Å². The number of rotatable bonds is 4. The van der Waals surface area contributed by atoms with Crippen molar-refractivity contribution in [2.45, 2.75) is 31.8 Å². The highest BCUT2D eigenvalue weighted by molar-refractivity contribution is 9.10. The SMILES string of the molecule is COCC(C)NC1CCCOc2cc(Br)ccc21. The molecule has 0 aliphatic carbocycles. The van der Waals surface area contributed by atoms with Crippen LogP contribution in [0.15, 0.2) is 22.7 Å². The summed E-state index contributed by atoms with van der Waals surface area (Å²) in [5.41, 5.74) is 1.25. The van der Waals surface area contributed by atoms with E-state index in [2.05, 4.69) is 46.4 Å². The van der Waals surface area contributed by atoms with E-state index >= 15 is 0 Å². The molecule has 2 rings (SSSR count). The minimum Gasteiger partial charge on any atom is -0.493 e. The molecule has 1 aliphatic rings. The maximum absolute atomic E-state index is 5.80. The summed E-state index contributed by atoms with van der Waals surface area (Å²) in [6, 6.07) is 6.96. The second-order valence-corrected chi connectivity index (χ2v) is 5.66. The fraction of sp³-hybridized carbons (Fsp3) is 0.571. The Balaban J connectivity index is 2.16. The summed E-state index contributed by atoms with van der Waals surface area (Å²) in [6.45, 7) is 3.66. The lowest BCUT2D eigenvalue weighted by molar-refractivity contribution is 0.165. The van der Waals surface area contributed by atoms with Gasteiger partial charge in [-0.05, 0) is 31.9 Å². The first-order chi connectivity index (χ1) is 8.70. The molecule has 1 N–H and O–H groups in total. The first-order valence-corrected chi connectivity index (χ1v) is 7.17. The number of halogens is 1. The van der Waals surface area contributed by atoms with Crippen LogP contribution in [0.1, 0.15) is 31.4 Å². The van der Waals surface area contributed by atoms with Crippen molar-refractivity contribution in [3.8, 4) is 5.75 Å². The first kappa shape index (κ1) is 13.8. The van der Waals surface area contributed by atoms with Crippen LogP contribution in [0.5, 0.6) is 5.75 Å². The zero-order chi connectivity index (χ0) is 13.0. The topological polar surface area (TPSA) is 30.5 Å². The Hall–Kier alpha value is -0.580. The number of fused-ring (bicyclic) bond motifs is 1. The predicted octanol–water partition coefficient (Wildman–Crippen LogP) is 3.29. The maximum Gasteiger partial charge on any atom is 0.125 e. The lowest BCUT2D eigenvalue weighted by Gasteiger charge is -2.22. The first-order valence-electron chi connectivity index (χ1n) is 6.38. The lowest BCUT2D eigenvalue weighted by atomic mass is 10.0. The van der Waals surface area contributed by atoms with Gasteiger partial charge in [0, 0.05) is 29.2 Å². The lowest BCUT2D eigenvalue weighted by Crippen LogP contribution is -2.33. The number of nitrogens with one attached hydrogen (secondary N) is 1. The van der Waals surface area contributed by atoms with Gasteiger partial charge in [0.25, 0.3) is 0 Å². The zero-order valence-corrected chi connectivity index (χ0v) is 12.5. The van der Waals surface area contributed by atoms with Gasteiger partial charge in [0.2, 0.25) is 0 Å². The molecule has 3 nitrogen and oxygen atoms in total. The molecule has 4 heteroatoms. The quantitative estimate of drug-likeness (QED) is 0.925. The van der Waals surface area contributed by atoms with Crippen molar-refractivity contribution in [3.63, 3.8) is 0 Å². The summed E-state index contributed by atoms with van der Waals surface area (Å²) < 4.78 is 12.0. The van der Waals surface area contributed by atoms with Crippen molar-refractivity contribution in [1.82, 2.24) is 5.32 Å². The Labute approximate surface area is 117 Å². The molecule has 0 spiro atoms. The minimum absolute atomic E-state index is 0.342. The Morgan fingerprint density at radius 2 is 2.39 bits per heavy atom. The zero-order valence-electron chi connectivity index (χ0n) is 10.9. The molecule has 0 radical (unpaired) electrons. The van der Waals surface area contributed by atoms with Crippen LogP contribution in [0.2, 0.25) is 0 Å². The van der Waals surface area contributed by atoms with Gasteiger partial charge in [0.15, 0.2) is 0 Å². The van der Waals surface area contributed by atoms with E-state index < -0.39 is 0 Å². The van der Waals surface area contributed by atoms with E-state index in [1.165, 1.54) is 5.56 Å². The summed E-state index contributed by atoms with van der Waals surface area (Å²) in [6.07, 6.45) is 2.17. The van der Waals surface area contributed by atoms with Gasteiger partial charge >= 0.3 is 0 Å². The molecule has 0 fully saturated rings. The highest BCUT2D eigenvalue weighted by atomic mass is 79.9. The predicted molar refractivity (Wildman–Crippen MR) is 76.1 cm³/mol. The third-order valence-corrected chi connectivity index (χ3v) is 3.64. The highest BCUT2D eigenvalue weighted by Crippen LogP contribution is 2.33. The van der Waals surface area contributed by atoms with E-state index in [1.54, 1.807) is 7.11 Å². The highest BCUT2D eigenvalue weighted by Gasteiger charge is 2.21. The largest absolute Gasteiger partial charge is 0.493 e. The summed E-state index contributed by atoms with van der Waals surface area (Å²) in [4.78, 5) is 0. The van der Waals surface area contributed by atoms with Gasteiger partial charge in [0.05, 0.1) is 13.2 Å². The molecule has 0 saturated heterocycles. The normalized spacial score (nSPS) is 20.7. The van der Waals surface area contributed by atoms with Gasteiger partial charge in [-0.2, -0.15) is 0 Å². The van der Waals surface area contributed by atoms with Crippen LogP contribution < -0.4 is 10.1 Å². The van der Waals surface area contributed by atoms with Crippen molar-refractivity contribution in [3.05, 3.63) is 28.2 Å². The van der Waals surface area contributed by atoms with Crippen LogP contribution >= 0.6 is 15.9 Å². The molecule has 0 amide bonds. The third kappa shape index (κ3) is 3.46. The minimum atomic E-state index is 0.342. The van der Waals surface area contributed by atoms with Gasteiger partial charge in [-0.25, -0.2) is 0 Å². The van der Waals surface area contributed by atoms with E-state index in [-0.39, 0.29) is 0 Å². The molecule has 2 atom stereocenters. The van der Waals surface area contributed by atoms with Gasteiger partial charge < -0.3 is 14.8 Å². The van der Waals surface area contributed by atoms with E-state index in [0.29, 0.717) is 12.1 Å². The molecule has 1 aromatic carbocycles. The molecule has 2 unspecified atom stereocenters. The molecule has 100 valence electrons. The summed E-state index contributed by atoms with van der Waals surface area (Å²) in [7, 11) is 1.74. The Morgan fingerprint density at radius 3 is 3.17 bits per heavy atom. The van der Waals surface area contributed by atoms with Gasteiger partial charge in [-0.15, -0.1) is 0 Å².